The minimum atomic E-state index is -0.477. The van der Waals surface area contributed by atoms with Crippen molar-refractivity contribution in [2.45, 2.75) is 12.1 Å². The van der Waals surface area contributed by atoms with Crippen molar-refractivity contribution >= 4 is 29.1 Å². The van der Waals surface area contributed by atoms with Crippen LogP contribution >= 0.6 is 11.8 Å². The summed E-state index contributed by atoms with van der Waals surface area (Å²) in [4.78, 5) is 23.0. The van der Waals surface area contributed by atoms with Crippen LogP contribution in [0.3, 0.4) is 0 Å². The first kappa shape index (κ1) is 24.6. The fraction of sp³-hybridized carbons (Fsp3) is 0.120. The van der Waals surface area contributed by atoms with E-state index in [1.165, 1.54) is 23.9 Å². The lowest BCUT2D eigenvalue weighted by molar-refractivity contribution is -0.384. The van der Waals surface area contributed by atoms with Gasteiger partial charge in [0.2, 0.25) is 0 Å². The molecule has 1 aromatic heterocycles. The summed E-state index contributed by atoms with van der Waals surface area (Å²) in [6.07, 6.45) is 0. The number of non-ortho nitro benzene ring substituents is 1. The predicted molar refractivity (Wildman–Crippen MR) is 138 cm³/mol. The van der Waals surface area contributed by atoms with Gasteiger partial charge < -0.3 is 4.74 Å². The molecule has 0 aliphatic carbocycles. The third-order valence-corrected chi connectivity index (χ3v) is 6.08. The highest BCUT2D eigenvalue weighted by Gasteiger charge is 2.17. The molecule has 1 heterocycles. The van der Waals surface area contributed by atoms with Gasteiger partial charge in [0.05, 0.1) is 23.5 Å². The van der Waals surface area contributed by atoms with Crippen molar-refractivity contribution in [3.8, 4) is 22.8 Å². The number of rotatable bonds is 9. The van der Waals surface area contributed by atoms with Gasteiger partial charge in [0.15, 0.2) is 11.0 Å². The highest BCUT2D eigenvalue weighted by atomic mass is 32.2. The first-order valence-electron chi connectivity index (χ1n) is 10.8. The van der Waals surface area contributed by atoms with Crippen LogP contribution in [0.4, 0.5) is 5.69 Å². The maximum atomic E-state index is 12.5. The smallest absolute Gasteiger partial charge is 0.270 e. The molecule has 0 saturated heterocycles. The number of hydrogen-bond acceptors (Lipinski definition) is 8. The maximum Gasteiger partial charge on any atom is 0.270 e. The Bertz CT molecular complexity index is 1400. The Morgan fingerprint density at radius 1 is 1.08 bits per heavy atom. The molecule has 0 bridgehead atoms. The van der Waals surface area contributed by atoms with Crippen LogP contribution in [0, 0.1) is 10.1 Å². The monoisotopic (exact) mass is 502 g/mol. The molecule has 4 rings (SSSR count). The third kappa shape index (κ3) is 5.76. The molecule has 0 spiro atoms. The Morgan fingerprint density at radius 3 is 2.53 bits per heavy atom. The van der Waals surface area contributed by atoms with Crippen LogP contribution in [0.2, 0.25) is 0 Å². The summed E-state index contributed by atoms with van der Waals surface area (Å²) in [6, 6.07) is 23.2. The number of nitrogens with one attached hydrogen (secondary N) is 1. The molecule has 0 aliphatic heterocycles. The molecule has 0 atom stereocenters. The van der Waals surface area contributed by atoms with Gasteiger partial charge in [-0.2, -0.15) is 5.10 Å². The van der Waals surface area contributed by atoms with E-state index >= 15 is 0 Å². The van der Waals surface area contributed by atoms with Crippen molar-refractivity contribution in [1.29, 1.82) is 0 Å². The van der Waals surface area contributed by atoms with Gasteiger partial charge in [-0.15, -0.1) is 10.2 Å². The molecule has 10 nitrogen and oxygen atoms in total. The first-order valence-corrected chi connectivity index (χ1v) is 11.8. The lowest BCUT2D eigenvalue weighted by Crippen LogP contribution is -2.21. The first-order chi connectivity index (χ1) is 17.5. The van der Waals surface area contributed by atoms with E-state index in [9.17, 15) is 14.9 Å². The van der Waals surface area contributed by atoms with Crippen molar-refractivity contribution in [3.63, 3.8) is 0 Å². The highest BCUT2D eigenvalue weighted by molar-refractivity contribution is 7.99. The van der Waals surface area contributed by atoms with Crippen LogP contribution in [0.1, 0.15) is 12.5 Å². The van der Waals surface area contributed by atoms with E-state index in [4.69, 9.17) is 4.74 Å². The Hall–Kier alpha value is -4.51. The second kappa shape index (κ2) is 11.3. The standard InChI is InChI=1S/C25H22N6O4S/c1-17(19-7-6-10-21(15-19)31(33)34)26-27-23(32)16-36-25-29-28-24(18-11-13-22(35-2)14-12-18)30(25)20-8-4-3-5-9-20/h3-15H,16H2,1-2H3,(H,27,32)/b26-17-. The van der Waals surface area contributed by atoms with Gasteiger partial charge >= 0.3 is 0 Å². The van der Waals surface area contributed by atoms with E-state index in [1.54, 1.807) is 26.2 Å². The van der Waals surface area contributed by atoms with Crippen molar-refractivity contribution in [1.82, 2.24) is 20.2 Å². The largest absolute Gasteiger partial charge is 0.497 e. The molecule has 182 valence electrons. The minimum Gasteiger partial charge on any atom is -0.497 e. The van der Waals surface area contributed by atoms with Crippen molar-refractivity contribution in [2.75, 3.05) is 12.9 Å². The number of para-hydroxylation sites is 1. The molecule has 11 heteroatoms. The molecule has 36 heavy (non-hydrogen) atoms. The predicted octanol–water partition coefficient (Wildman–Crippen LogP) is 4.48. The molecule has 0 unspecified atom stereocenters. The maximum absolute atomic E-state index is 12.5. The molecule has 4 aromatic rings. The van der Waals surface area contributed by atoms with Gasteiger partial charge in [-0.05, 0) is 43.3 Å². The average molecular weight is 503 g/mol. The summed E-state index contributed by atoms with van der Waals surface area (Å²) in [5.74, 6) is 1.06. The van der Waals surface area contributed by atoms with Crippen LogP contribution in [0.15, 0.2) is 89.1 Å². The molecular weight excluding hydrogens is 480 g/mol. The number of nitro benzene ring substituents is 1. The van der Waals surface area contributed by atoms with E-state index in [2.05, 4.69) is 20.7 Å². The Morgan fingerprint density at radius 2 is 1.83 bits per heavy atom. The number of benzene rings is 3. The summed E-state index contributed by atoms with van der Waals surface area (Å²) in [5.41, 5.74) is 5.15. The summed E-state index contributed by atoms with van der Waals surface area (Å²) in [6.45, 7) is 1.67. The van der Waals surface area contributed by atoms with Gasteiger partial charge in [-0.1, -0.05) is 42.1 Å². The summed E-state index contributed by atoms with van der Waals surface area (Å²) >= 11 is 1.22. The van der Waals surface area contributed by atoms with Gasteiger partial charge in [0, 0.05) is 28.9 Å². The van der Waals surface area contributed by atoms with Gasteiger partial charge in [-0.3, -0.25) is 19.5 Å². The van der Waals surface area contributed by atoms with Crippen LogP contribution in [0.25, 0.3) is 17.1 Å². The van der Waals surface area contributed by atoms with E-state index in [0.29, 0.717) is 22.3 Å². The summed E-state index contributed by atoms with van der Waals surface area (Å²) < 4.78 is 7.13. The number of nitro groups is 1. The van der Waals surface area contributed by atoms with E-state index in [0.717, 1.165) is 17.0 Å². The Labute approximate surface area is 211 Å². The van der Waals surface area contributed by atoms with Crippen molar-refractivity contribution in [3.05, 3.63) is 94.5 Å². The van der Waals surface area contributed by atoms with Crippen LogP contribution in [0.5, 0.6) is 5.75 Å². The molecule has 1 N–H and O–H groups in total. The van der Waals surface area contributed by atoms with Gasteiger partial charge in [-0.25, -0.2) is 5.43 Å². The topological polar surface area (TPSA) is 125 Å². The zero-order chi connectivity index (χ0) is 25.5. The zero-order valence-corrected chi connectivity index (χ0v) is 20.3. The highest BCUT2D eigenvalue weighted by Crippen LogP contribution is 2.29. The lowest BCUT2D eigenvalue weighted by Gasteiger charge is -2.10. The zero-order valence-electron chi connectivity index (χ0n) is 19.5. The molecular formula is C25H22N6O4S. The van der Waals surface area contributed by atoms with Crippen LogP contribution < -0.4 is 10.2 Å². The average Bonchev–Trinajstić information content (AvgIpc) is 3.35. The second-order valence-corrected chi connectivity index (χ2v) is 8.48. The SMILES string of the molecule is COc1ccc(-c2nnc(SCC(=O)N/N=C(/C)c3cccc([N+](=O)[O-])c3)n2-c2ccccc2)cc1. The Balaban J connectivity index is 1.50. The van der Waals surface area contributed by atoms with Crippen molar-refractivity contribution in [2.24, 2.45) is 5.10 Å². The van der Waals surface area contributed by atoms with E-state index in [-0.39, 0.29) is 17.3 Å². The molecule has 0 saturated carbocycles. The van der Waals surface area contributed by atoms with E-state index in [1.807, 2.05) is 59.2 Å². The number of aromatic nitrogens is 3. The fourth-order valence-corrected chi connectivity index (χ4v) is 4.06. The number of amides is 1. The van der Waals surface area contributed by atoms with Gasteiger partial charge in [0.25, 0.3) is 11.6 Å². The molecule has 0 radical (unpaired) electrons. The fourth-order valence-electron chi connectivity index (χ4n) is 3.32. The quantitative estimate of drug-likeness (QED) is 0.155. The number of thioether (sulfide) groups is 1. The molecule has 1 amide bonds. The number of carbonyl (C=O) groups is 1. The van der Waals surface area contributed by atoms with Gasteiger partial charge in [0.1, 0.15) is 5.75 Å². The van der Waals surface area contributed by atoms with E-state index < -0.39 is 4.92 Å². The van der Waals surface area contributed by atoms with Crippen LogP contribution in [-0.4, -0.2) is 44.2 Å². The van der Waals surface area contributed by atoms with Crippen LogP contribution in [-0.2, 0) is 4.79 Å². The second-order valence-electron chi connectivity index (χ2n) is 7.53. The lowest BCUT2D eigenvalue weighted by atomic mass is 10.1. The molecule has 0 fully saturated rings. The summed E-state index contributed by atoms with van der Waals surface area (Å²) in [5, 5.41) is 24.3. The minimum absolute atomic E-state index is 0.0410. The third-order valence-electron chi connectivity index (χ3n) is 5.15. The number of hydrogen-bond donors (Lipinski definition) is 1. The molecule has 0 aliphatic rings. The summed E-state index contributed by atoms with van der Waals surface area (Å²) in [7, 11) is 1.61. The number of nitrogens with zero attached hydrogens (tertiary/aromatic N) is 5. The number of carbonyl (C=O) groups excluding carboxylic acids is 1. The number of hydrazone groups is 1. The number of methoxy groups -OCH3 is 1. The normalized spacial score (nSPS) is 11.2. The number of ether oxygens (including phenoxy) is 1. The molecule has 3 aromatic carbocycles. The Kier molecular flexibility index (Phi) is 7.71. The van der Waals surface area contributed by atoms with Crippen molar-refractivity contribution < 1.29 is 14.5 Å².